The Kier molecular flexibility index (Phi) is 5.01. The molecule has 3 rings (SSSR count). The van der Waals surface area contributed by atoms with Crippen molar-refractivity contribution in [3.63, 3.8) is 0 Å². The summed E-state index contributed by atoms with van der Waals surface area (Å²) in [5.74, 6) is -0.166. The molecule has 0 fully saturated rings. The number of rotatable bonds is 6. The Hall–Kier alpha value is -2.12. The average molecular weight is 348 g/mol. The second-order valence-electron chi connectivity index (χ2n) is 5.77. The molecule has 1 amide bonds. The Morgan fingerprint density at radius 3 is 2.62 bits per heavy atom. The van der Waals surface area contributed by atoms with E-state index < -0.39 is 10.0 Å². The van der Waals surface area contributed by atoms with Crippen LogP contribution in [0.3, 0.4) is 0 Å². The molecular weight excluding hydrogens is 328 g/mol. The lowest BCUT2D eigenvalue weighted by Gasteiger charge is -2.16. The van der Waals surface area contributed by atoms with Crippen molar-refractivity contribution in [2.75, 3.05) is 13.1 Å². The van der Waals surface area contributed by atoms with E-state index in [1.807, 2.05) is 6.07 Å². The average Bonchev–Trinajstić information content (AvgIpc) is 3.13. The topological polar surface area (TPSA) is 88.4 Å². The Morgan fingerprint density at radius 1 is 1.08 bits per heavy atom. The summed E-state index contributed by atoms with van der Waals surface area (Å²) in [6.45, 7) is 0.301. The number of hydrogen-bond donors (Lipinski definition) is 2. The first-order valence-electron chi connectivity index (χ1n) is 7.99. The highest BCUT2D eigenvalue weighted by Gasteiger charge is 2.17. The van der Waals surface area contributed by atoms with Crippen molar-refractivity contribution in [1.29, 1.82) is 0 Å². The zero-order chi connectivity index (χ0) is 17.0. The molecule has 0 bridgehead atoms. The van der Waals surface area contributed by atoms with Gasteiger partial charge in [-0.3, -0.25) is 4.79 Å². The third-order valence-electron chi connectivity index (χ3n) is 4.08. The molecule has 0 saturated carbocycles. The van der Waals surface area contributed by atoms with Gasteiger partial charge in [0.05, 0.1) is 11.2 Å². The molecule has 2 N–H and O–H groups in total. The van der Waals surface area contributed by atoms with Crippen LogP contribution in [0.5, 0.6) is 0 Å². The summed E-state index contributed by atoms with van der Waals surface area (Å²) >= 11 is 0. The van der Waals surface area contributed by atoms with Crippen molar-refractivity contribution in [3.8, 4) is 0 Å². The van der Waals surface area contributed by atoms with E-state index in [9.17, 15) is 13.2 Å². The summed E-state index contributed by atoms with van der Waals surface area (Å²) in [5, 5.41) is 2.60. The van der Waals surface area contributed by atoms with Crippen LogP contribution in [0, 0.1) is 0 Å². The Balaban J connectivity index is 1.55. The van der Waals surface area contributed by atoms with Crippen LogP contribution in [0.1, 0.15) is 34.5 Å². The van der Waals surface area contributed by atoms with Gasteiger partial charge >= 0.3 is 0 Å². The third-order valence-corrected chi connectivity index (χ3v) is 5.54. The van der Waals surface area contributed by atoms with Gasteiger partial charge in [0.1, 0.15) is 0 Å². The predicted molar refractivity (Wildman–Crippen MR) is 89.3 cm³/mol. The third kappa shape index (κ3) is 3.85. The number of hydrogen-bond acceptors (Lipinski definition) is 4. The molecule has 6 nitrogen and oxygen atoms in total. The number of fused-ring (bicyclic) bond motifs is 1. The van der Waals surface area contributed by atoms with Gasteiger partial charge in [-0.15, -0.1) is 0 Å². The summed E-state index contributed by atoms with van der Waals surface area (Å²) in [7, 11) is -3.57. The lowest BCUT2D eigenvalue weighted by atomic mass is 9.92. The molecule has 0 aliphatic heterocycles. The molecule has 1 heterocycles. The number of furan rings is 1. The maximum atomic E-state index is 12.3. The van der Waals surface area contributed by atoms with Gasteiger partial charge in [0.15, 0.2) is 5.76 Å². The van der Waals surface area contributed by atoms with Gasteiger partial charge < -0.3 is 9.73 Å². The van der Waals surface area contributed by atoms with E-state index >= 15 is 0 Å². The van der Waals surface area contributed by atoms with Crippen LogP contribution in [0.25, 0.3) is 0 Å². The monoisotopic (exact) mass is 348 g/mol. The van der Waals surface area contributed by atoms with Gasteiger partial charge in [-0.25, -0.2) is 13.1 Å². The van der Waals surface area contributed by atoms with E-state index in [0.29, 0.717) is 0 Å². The molecular formula is C17H20N2O4S. The number of carbonyl (C=O) groups is 1. The van der Waals surface area contributed by atoms with Gasteiger partial charge in [0.2, 0.25) is 10.0 Å². The summed E-state index contributed by atoms with van der Waals surface area (Å²) in [5.41, 5.74) is 2.36. The molecule has 7 heteroatoms. The molecule has 0 atom stereocenters. The number of aryl methyl sites for hydroxylation is 2. The molecule has 1 aromatic carbocycles. The van der Waals surface area contributed by atoms with Crippen LogP contribution in [0.4, 0.5) is 0 Å². The van der Waals surface area contributed by atoms with Gasteiger partial charge in [0.25, 0.3) is 5.91 Å². The Labute approximate surface area is 141 Å². The Bertz CT molecular complexity index is 813. The number of carbonyl (C=O) groups excluding carboxylic acids is 1. The van der Waals surface area contributed by atoms with E-state index in [-0.39, 0.29) is 29.7 Å². The minimum absolute atomic E-state index is 0.117. The number of benzene rings is 1. The van der Waals surface area contributed by atoms with Crippen molar-refractivity contribution >= 4 is 15.9 Å². The molecule has 0 saturated heterocycles. The van der Waals surface area contributed by atoms with Crippen molar-refractivity contribution < 1.29 is 17.6 Å². The van der Waals surface area contributed by atoms with E-state index in [0.717, 1.165) is 31.2 Å². The summed E-state index contributed by atoms with van der Waals surface area (Å²) < 4.78 is 32.2. The standard InChI is InChI=1S/C17H20N2O4S/c20-17(16-6-3-11-23-16)18-9-10-19-24(21,22)15-8-7-13-4-1-2-5-14(13)12-15/h3,6-8,11-12,19H,1-2,4-5,9-10H2,(H,18,20). The minimum atomic E-state index is -3.57. The first kappa shape index (κ1) is 16.7. The fourth-order valence-electron chi connectivity index (χ4n) is 2.82. The molecule has 1 aliphatic rings. The van der Waals surface area contributed by atoms with E-state index in [2.05, 4.69) is 10.0 Å². The predicted octanol–water partition coefficient (Wildman–Crippen LogP) is 1.87. The molecule has 2 aromatic rings. The largest absolute Gasteiger partial charge is 0.459 e. The van der Waals surface area contributed by atoms with Crippen LogP contribution in [-0.2, 0) is 22.9 Å². The van der Waals surface area contributed by atoms with Crippen LogP contribution >= 0.6 is 0 Å². The molecule has 0 unspecified atom stereocenters. The second kappa shape index (κ2) is 7.19. The van der Waals surface area contributed by atoms with Crippen molar-refractivity contribution in [2.45, 2.75) is 30.6 Å². The fourth-order valence-corrected chi connectivity index (χ4v) is 3.90. The zero-order valence-electron chi connectivity index (χ0n) is 13.2. The SMILES string of the molecule is O=C(NCCNS(=O)(=O)c1ccc2c(c1)CCCC2)c1ccco1. The van der Waals surface area contributed by atoms with Gasteiger partial charge in [-0.1, -0.05) is 6.07 Å². The summed E-state index contributed by atoms with van der Waals surface area (Å²) in [6, 6.07) is 8.48. The first-order valence-corrected chi connectivity index (χ1v) is 9.48. The van der Waals surface area contributed by atoms with Crippen molar-refractivity contribution in [1.82, 2.24) is 10.0 Å². The second-order valence-corrected chi connectivity index (χ2v) is 7.54. The van der Waals surface area contributed by atoms with Crippen LogP contribution in [0.2, 0.25) is 0 Å². The fraction of sp³-hybridized carbons (Fsp3) is 0.353. The molecule has 1 aliphatic carbocycles. The highest BCUT2D eigenvalue weighted by atomic mass is 32.2. The van der Waals surface area contributed by atoms with E-state index in [1.165, 1.54) is 11.8 Å². The zero-order valence-corrected chi connectivity index (χ0v) is 14.1. The summed E-state index contributed by atoms with van der Waals surface area (Å²) in [6.07, 6.45) is 5.61. The maximum absolute atomic E-state index is 12.3. The van der Waals surface area contributed by atoms with E-state index in [4.69, 9.17) is 4.42 Å². The highest BCUT2D eigenvalue weighted by Crippen LogP contribution is 2.23. The molecule has 0 radical (unpaired) electrons. The quantitative estimate of drug-likeness (QED) is 0.780. The minimum Gasteiger partial charge on any atom is -0.459 e. The van der Waals surface area contributed by atoms with E-state index in [1.54, 1.807) is 24.3 Å². The maximum Gasteiger partial charge on any atom is 0.287 e. The van der Waals surface area contributed by atoms with Gasteiger partial charge in [-0.2, -0.15) is 0 Å². The van der Waals surface area contributed by atoms with Gasteiger partial charge in [-0.05, 0) is 61.1 Å². The van der Waals surface area contributed by atoms with Crippen molar-refractivity contribution in [3.05, 3.63) is 53.5 Å². The van der Waals surface area contributed by atoms with Crippen molar-refractivity contribution in [2.24, 2.45) is 0 Å². The summed E-state index contributed by atoms with van der Waals surface area (Å²) in [4.78, 5) is 12.0. The normalized spacial score (nSPS) is 14.2. The lowest BCUT2D eigenvalue weighted by molar-refractivity contribution is 0.0926. The van der Waals surface area contributed by atoms with Crippen LogP contribution in [0.15, 0.2) is 45.9 Å². The molecule has 0 spiro atoms. The highest BCUT2D eigenvalue weighted by molar-refractivity contribution is 7.89. The Morgan fingerprint density at radius 2 is 1.88 bits per heavy atom. The molecule has 24 heavy (non-hydrogen) atoms. The van der Waals surface area contributed by atoms with Gasteiger partial charge in [0, 0.05) is 13.1 Å². The number of nitrogens with one attached hydrogen (secondary N) is 2. The first-order chi connectivity index (χ1) is 11.6. The smallest absolute Gasteiger partial charge is 0.287 e. The number of sulfonamides is 1. The lowest BCUT2D eigenvalue weighted by Crippen LogP contribution is -2.34. The van der Waals surface area contributed by atoms with Crippen LogP contribution in [-0.4, -0.2) is 27.4 Å². The number of amides is 1. The van der Waals surface area contributed by atoms with Crippen LogP contribution < -0.4 is 10.0 Å². The molecule has 128 valence electrons. The molecule has 1 aromatic heterocycles.